The fourth-order valence-corrected chi connectivity index (χ4v) is 0.993. The van der Waals surface area contributed by atoms with E-state index in [2.05, 4.69) is 33.4 Å². The van der Waals surface area contributed by atoms with E-state index >= 15 is 0 Å². The predicted octanol–water partition coefficient (Wildman–Crippen LogP) is 3.55. The van der Waals surface area contributed by atoms with Crippen LogP contribution in [-0.2, 0) is 0 Å². The van der Waals surface area contributed by atoms with Gasteiger partial charge in [0.2, 0.25) is 0 Å². The number of hydrogen-bond donors (Lipinski definition) is 0. The van der Waals surface area contributed by atoms with Gasteiger partial charge >= 0.3 is 0 Å². The molecule has 0 nitrogen and oxygen atoms in total. The predicted molar refractivity (Wildman–Crippen MR) is 48.0 cm³/mol. The molecule has 0 aromatic heterocycles. The van der Waals surface area contributed by atoms with Crippen LogP contribution >= 0.6 is 0 Å². The summed E-state index contributed by atoms with van der Waals surface area (Å²) < 4.78 is 0. The van der Waals surface area contributed by atoms with E-state index in [-0.39, 0.29) is 0 Å². The van der Waals surface area contributed by atoms with Crippen molar-refractivity contribution in [3.05, 3.63) is 23.8 Å². The molecule has 0 rings (SSSR count). The van der Waals surface area contributed by atoms with Crippen LogP contribution in [0.15, 0.2) is 23.8 Å². The Morgan fingerprint density at radius 2 is 2.00 bits per heavy atom. The molecule has 0 aliphatic carbocycles. The summed E-state index contributed by atoms with van der Waals surface area (Å²) in [6.07, 6.45) is 3.33. The molecule has 58 valence electrons. The first-order valence-electron chi connectivity index (χ1n) is 3.93. The molecule has 0 radical (unpaired) electrons. The van der Waals surface area contributed by atoms with Gasteiger partial charge in [-0.25, -0.2) is 0 Å². The van der Waals surface area contributed by atoms with E-state index < -0.39 is 0 Å². The molecule has 0 atom stereocenters. The molecule has 0 aliphatic heterocycles. The van der Waals surface area contributed by atoms with Crippen molar-refractivity contribution in [3.63, 3.8) is 0 Å². The minimum Gasteiger partial charge on any atom is -0.0961 e. The van der Waals surface area contributed by atoms with Crippen LogP contribution in [0.2, 0.25) is 0 Å². The third kappa shape index (κ3) is 3.49. The molecule has 0 amide bonds. The number of hydrogen-bond acceptors (Lipinski definition) is 0. The van der Waals surface area contributed by atoms with Crippen LogP contribution in [0.25, 0.3) is 0 Å². The SMILES string of the molecule is C=C(C)C=C(CC)C(C)C. The van der Waals surface area contributed by atoms with Gasteiger partial charge < -0.3 is 0 Å². The lowest BCUT2D eigenvalue weighted by Gasteiger charge is -2.07. The van der Waals surface area contributed by atoms with E-state index in [0.717, 1.165) is 12.0 Å². The summed E-state index contributed by atoms with van der Waals surface area (Å²) in [5.41, 5.74) is 2.65. The van der Waals surface area contributed by atoms with Gasteiger partial charge in [0, 0.05) is 0 Å². The van der Waals surface area contributed by atoms with Crippen LogP contribution < -0.4 is 0 Å². The first-order valence-corrected chi connectivity index (χ1v) is 3.93. The fourth-order valence-electron chi connectivity index (χ4n) is 0.993. The van der Waals surface area contributed by atoms with Crippen molar-refractivity contribution in [2.45, 2.75) is 34.1 Å². The monoisotopic (exact) mass is 138 g/mol. The van der Waals surface area contributed by atoms with Gasteiger partial charge in [-0.15, -0.1) is 0 Å². The zero-order valence-electron chi connectivity index (χ0n) is 7.57. The highest BCUT2D eigenvalue weighted by Gasteiger charge is 1.98. The van der Waals surface area contributed by atoms with Crippen molar-refractivity contribution in [2.75, 3.05) is 0 Å². The lowest BCUT2D eigenvalue weighted by Crippen LogP contribution is -1.91. The maximum Gasteiger partial charge on any atom is -0.0257 e. The fraction of sp³-hybridized carbons (Fsp3) is 0.600. The molecule has 0 aromatic carbocycles. The van der Waals surface area contributed by atoms with Crippen LogP contribution in [0.5, 0.6) is 0 Å². The minimum atomic E-state index is 0.668. The molecule has 0 bridgehead atoms. The third-order valence-corrected chi connectivity index (χ3v) is 1.58. The zero-order chi connectivity index (χ0) is 8.15. The van der Waals surface area contributed by atoms with Gasteiger partial charge in [-0.1, -0.05) is 44.6 Å². The van der Waals surface area contributed by atoms with Gasteiger partial charge in [0.15, 0.2) is 0 Å². The molecule has 0 aromatic rings. The quantitative estimate of drug-likeness (QED) is 0.523. The highest BCUT2D eigenvalue weighted by Crippen LogP contribution is 2.14. The van der Waals surface area contributed by atoms with Crippen molar-refractivity contribution in [3.8, 4) is 0 Å². The van der Waals surface area contributed by atoms with Crippen LogP contribution in [0.1, 0.15) is 34.1 Å². The van der Waals surface area contributed by atoms with Crippen molar-refractivity contribution in [2.24, 2.45) is 5.92 Å². The highest BCUT2D eigenvalue weighted by atomic mass is 14.0. The largest absolute Gasteiger partial charge is 0.0961 e. The molecule has 0 saturated heterocycles. The second-order valence-electron chi connectivity index (χ2n) is 3.07. The van der Waals surface area contributed by atoms with Gasteiger partial charge in [0.05, 0.1) is 0 Å². The summed E-state index contributed by atoms with van der Waals surface area (Å²) >= 11 is 0. The van der Waals surface area contributed by atoms with Crippen LogP contribution in [-0.4, -0.2) is 0 Å². The van der Waals surface area contributed by atoms with E-state index in [1.54, 1.807) is 0 Å². The van der Waals surface area contributed by atoms with E-state index in [1.165, 1.54) is 5.57 Å². The smallest absolute Gasteiger partial charge is 0.0257 e. The molecular weight excluding hydrogens is 120 g/mol. The van der Waals surface area contributed by atoms with Crippen LogP contribution in [0.3, 0.4) is 0 Å². The summed E-state index contributed by atoms with van der Waals surface area (Å²) in [5.74, 6) is 0.668. The Balaban J connectivity index is 4.18. The van der Waals surface area contributed by atoms with Gasteiger partial charge in [-0.3, -0.25) is 0 Å². The topological polar surface area (TPSA) is 0 Å². The molecular formula is C10H18. The van der Waals surface area contributed by atoms with E-state index in [4.69, 9.17) is 0 Å². The number of allylic oxidation sites excluding steroid dienone is 3. The average molecular weight is 138 g/mol. The van der Waals surface area contributed by atoms with Gasteiger partial charge in [-0.05, 0) is 19.3 Å². The summed E-state index contributed by atoms with van der Waals surface area (Å²) in [5, 5.41) is 0. The van der Waals surface area contributed by atoms with Crippen molar-refractivity contribution in [1.82, 2.24) is 0 Å². The lowest BCUT2D eigenvalue weighted by atomic mass is 9.99. The Kier molecular flexibility index (Phi) is 4.10. The van der Waals surface area contributed by atoms with Crippen molar-refractivity contribution in [1.29, 1.82) is 0 Å². The summed E-state index contributed by atoms with van der Waals surface area (Å²) in [4.78, 5) is 0. The molecule has 0 saturated carbocycles. The van der Waals surface area contributed by atoms with Crippen molar-refractivity contribution < 1.29 is 0 Å². The Morgan fingerprint density at radius 3 is 2.10 bits per heavy atom. The van der Waals surface area contributed by atoms with Crippen LogP contribution in [0, 0.1) is 5.92 Å². The Morgan fingerprint density at radius 1 is 1.50 bits per heavy atom. The molecule has 0 unspecified atom stereocenters. The highest BCUT2D eigenvalue weighted by molar-refractivity contribution is 5.19. The normalized spacial score (nSPS) is 12.3. The second-order valence-corrected chi connectivity index (χ2v) is 3.07. The van der Waals surface area contributed by atoms with E-state index in [1.807, 2.05) is 6.92 Å². The maximum atomic E-state index is 3.85. The third-order valence-electron chi connectivity index (χ3n) is 1.58. The van der Waals surface area contributed by atoms with Gasteiger partial charge in [0.1, 0.15) is 0 Å². The summed E-state index contributed by atoms with van der Waals surface area (Å²) in [7, 11) is 0. The van der Waals surface area contributed by atoms with E-state index in [0.29, 0.717) is 5.92 Å². The summed E-state index contributed by atoms with van der Waals surface area (Å²) in [6.45, 7) is 12.5. The lowest BCUT2D eigenvalue weighted by molar-refractivity contribution is 0.731. The van der Waals surface area contributed by atoms with Gasteiger partial charge in [0.25, 0.3) is 0 Å². The Bertz CT molecular complexity index is 138. The zero-order valence-corrected chi connectivity index (χ0v) is 7.57. The molecule has 0 heteroatoms. The molecule has 0 heterocycles. The number of rotatable bonds is 3. The minimum absolute atomic E-state index is 0.668. The molecule has 0 N–H and O–H groups in total. The first kappa shape index (κ1) is 9.48. The molecule has 0 fully saturated rings. The second kappa shape index (κ2) is 4.32. The Hall–Kier alpha value is -0.520. The van der Waals surface area contributed by atoms with Crippen molar-refractivity contribution >= 4 is 0 Å². The van der Waals surface area contributed by atoms with Crippen LogP contribution in [0.4, 0.5) is 0 Å². The maximum absolute atomic E-state index is 3.85. The molecule has 0 aliphatic rings. The summed E-state index contributed by atoms with van der Waals surface area (Å²) in [6, 6.07) is 0. The molecule has 10 heavy (non-hydrogen) atoms. The van der Waals surface area contributed by atoms with Gasteiger partial charge in [-0.2, -0.15) is 0 Å². The standard InChI is InChI=1S/C10H18/c1-6-10(9(4)5)7-8(2)3/h7,9H,2,6H2,1,3-5H3. The average Bonchev–Trinajstić information content (AvgIpc) is 1.81. The van der Waals surface area contributed by atoms with E-state index in [9.17, 15) is 0 Å². The first-order chi connectivity index (χ1) is 4.57. The Labute approximate surface area is 64.6 Å². The molecule has 0 spiro atoms.